The number of rotatable bonds is 3. The van der Waals surface area contributed by atoms with Crippen LogP contribution in [0.4, 0.5) is 11.6 Å². The smallest absolute Gasteiger partial charge is 0.262 e. The standard InChI is InChI=1S/C13H13BrN4O/c1-15-12-10(7-9(14)8-17-12)13(19)18(2)11-5-3-4-6-16-11/h3-8H,1-2H3,(H,15,17). The fourth-order valence-corrected chi connectivity index (χ4v) is 1.97. The van der Waals surface area contributed by atoms with E-state index in [-0.39, 0.29) is 5.91 Å². The van der Waals surface area contributed by atoms with Crippen molar-refractivity contribution in [2.75, 3.05) is 24.3 Å². The summed E-state index contributed by atoms with van der Waals surface area (Å²) in [6, 6.07) is 7.16. The Labute approximate surface area is 119 Å². The van der Waals surface area contributed by atoms with E-state index in [0.29, 0.717) is 17.2 Å². The molecule has 2 aromatic rings. The van der Waals surface area contributed by atoms with Crippen LogP contribution in [-0.4, -0.2) is 30.0 Å². The minimum Gasteiger partial charge on any atom is -0.372 e. The molecule has 0 aliphatic carbocycles. The number of anilines is 2. The molecule has 2 rings (SSSR count). The lowest BCUT2D eigenvalue weighted by Crippen LogP contribution is -2.28. The Morgan fingerprint density at radius 2 is 2.16 bits per heavy atom. The van der Waals surface area contributed by atoms with E-state index >= 15 is 0 Å². The predicted molar refractivity (Wildman–Crippen MR) is 78.5 cm³/mol. The van der Waals surface area contributed by atoms with Gasteiger partial charge in [-0.05, 0) is 34.1 Å². The largest absolute Gasteiger partial charge is 0.372 e. The number of nitrogens with one attached hydrogen (secondary N) is 1. The number of halogens is 1. The van der Waals surface area contributed by atoms with Crippen LogP contribution in [0.15, 0.2) is 41.1 Å². The van der Waals surface area contributed by atoms with E-state index in [1.54, 1.807) is 38.6 Å². The topological polar surface area (TPSA) is 58.1 Å². The average Bonchev–Trinajstić information content (AvgIpc) is 2.46. The molecule has 1 amide bonds. The fraction of sp³-hybridized carbons (Fsp3) is 0.154. The summed E-state index contributed by atoms with van der Waals surface area (Å²) >= 11 is 3.32. The first-order valence-corrected chi connectivity index (χ1v) is 6.45. The van der Waals surface area contributed by atoms with Crippen LogP contribution in [0.2, 0.25) is 0 Å². The quantitative estimate of drug-likeness (QED) is 0.944. The summed E-state index contributed by atoms with van der Waals surface area (Å²) in [4.78, 5) is 22.3. The summed E-state index contributed by atoms with van der Waals surface area (Å²) in [7, 11) is 3.42. The molecule has 6 heteroatoms. The Morgan fingerprint density at radius 3 is 2.79 bits per heavy atom. The van der Waals surface area contributed by atoms with E-state index in [0.717, 1.165) is 4.47 Å². The van der Waals surface area contributed by atoms with Gasteiger partial charge in [0.1, 0.15) is 11.6 Å². The molecule has 0 aromatic carbocycles. The molecule has 0 saturated heterocycles. The molecule has 0 unspecified atom stereocenters. The van der Waals surface area contributed by atoms with Crippen LogP contribution in [0.1, 0.15) is 10.4 Å². The van der Waals surface area contributed by atoms with E-state index in [1.807, 2.05) is 12.1 Å². The number of nitrogens with zero attached hydrogens (tertiary/aromatic N) is 3. The Kier molecular flexibility index (Phi) is 4.11. The molecule has 0 aliphatic heterocycles. The molecule has 0 fully saturated rings. The Bertz CT molecular complexity index is 588. The highest BCUT2D eigenvalue weighted by atomic mass is 79.9. The summed E-state index contributed by atoms with van der Waals surface area (Å²) < 4.78 is 0.754. The van der Waals surface area contributed by atoms with Crippen LogP contribution in [0.3, 0.4) is 0 Å². The van der Waals surface area contributed by atoms with Gasteiger partial charge in [-0.15, -0.1) is 0 Å². The molecule has 0 bridgehead atoms. The second kappa shape index (κ2) is 5.79. The van der Waals surface area contributed by atoms with E-state index in [2.05, 4.69) is 31.2 Å². The van der Waals surface area contributed by atoms with Gasteiger partial charge in [0.15, 0.2) is 0 Å². The van der Waals surface area contributed by atoms with Crippen LogP contribution < -0.4 is 10.2 Å². The number of pyridine rings is 2. The zero-order chi connectivity index (χ0) is 13.8. The van der Waals surface area contributed by atoms with Crippen molar-refractivity contribution < 1.29 is 4.79 Å². The molecule has 0 saturated carbocycles. The van der Waals surface area contributed by atoms with Gasteiger partial charge >= 0.3 is 0 Å². The summed E-state index contributed by atoms with van der Waals surface area (Å²) in [5, 5.41) is 2.91. The molecule has 0 spiro atoms. The number of hydrogen-bond acceptors (Lipinski definition) is 4. The Hall–Kier alpha value is -1.95. The van der Waals surface area contributed by atoms with Gasteiger partial charge in [0.2, 0.25) is 0 Å². The zero-order valence-electron chi connectivity index (χ0n) is 10.6. The monoisotopic (exact) mass is 320 g/mol. The molecule has 0 atom stereocenters. The second-order valence-electron chi connectivity index (χ2n) is 3.85. The third-order valence-corrected chi connectivity index (χ3v) is 3.05. The molecule has 1 N–H and O–H groups in total. The normalized spacial score (nSPS) is 10.1. The van der Waals surface area contributed by atoms with Crippen molar-refractivity contribution in [1.82, 2.24) is 9.97 Å². The van der Waals surface area contributed by atoms with Crippen molar-refractivity contribution in [3.8, 4) is 0 Å². The lowest BCUT2D eigenvalue weighted by Gasteiger charge is -2.17. The zero-order valence-corrected chi connectivity index (χ0v) is 12.2. The highest BCUT2D eigenvalue weighted by Gasteiger charge is 2.18. The Balaban J connectivity index is 2.37. The minimum atomic E-state index is -0.170. The number of aromatic nitrogens is 2. The van der Waals surface area contributed by atoms with Crippen LogP contribution in [0.25, 0.3) is 0 Å². The molecule has 19 heavy (non-hydrogen) atoms. The number of amides is 1. The molecule has 0 radical (unpaired) electrons. The molecule has 0 aliphatic rings. The number of carbonyl (C=O) groups excluding carboxylic acids is 1. The van der Waals surface area contributed by atoms with E-state index < -0.39 is 0 Å². The highest BCUT2D eigenvalue weighted by Crippen LogP contribution is 2.21. The Morgan fingerprint density at radius 1 is 1.37 bits per heavy atom. The van der Waals surface area contributed by atoms with Crippen LogP contribution in [-0.2, 0) is 0 Å². The van der Waals surface area contributed by atoms with Crippen LogP contribution >= 0.6 is 15.9 Å². The van der Waals surface area contributed by atoms with E-state index in [4.69, 9.17) is 0 Å². The van der Waals surface area contributed by atoms with Crippen molar-refractivity contribution >= 4 is 33.5 Å². The summed E-state index contributed by atoms with van der Waals surface area (Å²) in [6.07, 6.45) is 3.29. The van der Waals surface area contributed by atoms with Crippen molar-refractivity contribution in [2.45, 2.75) is 0 Å². The first kappa shape index (κ1) is 13.5. The molecular weight excluding hydrogens is 308 g/mol. The van der Waals surface area contributed by atoms with Gasteiger partial charge in [0, 0.05) is 31.0 Å². The first-order chi connectivity index (χ1) is 9.13. The fourth-order valence-electron chi connectivity index (χ4n) is 1.64. The van der Waals surface area contributed by atoms with Gasteiger partial charge in [0.05, 0.1) is 5.56 Å². The van der Waals surface area contributed by atoms with Crippen molar-refractivity contribution in [3.05, 3.63) is 46.7 Å². The van der Waals surface area contributed by atoms with E-state index in [1.165, 1.54) is 4.90 Å². The molecular formula is C13H13BrN4O. The second-order valence-corrected chi connectivity index (χ2v) is 4.77. The molecule has 98 valence electrons. The maximum absolute atomic E-state index is 12.5. The lowest BCUT2D eigenvalue weighted by molar-refractivity contribution is 0.0992. The summed E-state index contributed by atoms with van der Waals surface area (Å²) in [5.41, 5.74) is 0.491. The van der Waals surface area contributed by atoms with Gasteiger partial charge in [-0.1, -0.05) is 6.07 Å². The maximum Gasteiger partial charge on any atom is 0.262 e. The van der Waals surface area contributed by atoms with E-state index in [9.17, 15) is 4.79 Å². The molecule has 2 aromatic heterocycles. The van der Waals surface area contributed by atoms with Gasteiger partial charge in [-0.2, -0.15) is 0 Å². The van der Waals surface area contributed by atoms with Gasteiger partial charge < -0.3 is 5.32 Å². The average molecular weight is 321 g/mol. The van der Waals surface area contributed by atoms with Crippen molar-refractivity contribution in [1.29, 1.82) is 0 Å². The minimum absolute atomic E-state index is 0.170. The SMILES string of the molecule is CNc1ncc(Br)cc1C(=O)N(C)c1ccccn1. The maximum atomic E-state index is 12.5. The van der Waals surface area contributed by atoms with Gasteiger partial charge in [-0.3, -0.25) is 9.69 Å². The highest BCUT2D eigenvalue weighted by molar-refractivity contribution is 9.10. The molecule has 2 heterocycles. The number of hydrogen-bond donors (Lipinski definition) is 1. The third-order valence-electron chi connectivity index (χ3n) is 2.62. The van der Waals surface area contributed by atoms with Crippen LogP contribution in [0, 0.1) is 0 Å². The van der Waals surface area contributed by atoms with Crippen LogP contribution in [0.5, 0.6) is 0 Å². The summed E-state index contributed by atoms with van der Waals surface area (Å²) in [5.74, 6) is 0.961. The van der Waals surface area contributed by atoms with Crippen molar-refractivity contribution in [2.24, 2.45) is 0 Å². The van der Waals surface area contributed by atoms with Gasteiger partial charge in [0.25, 0.3) is 5.91 Å². The van der Waals surface area contributed by atoms with Crippen molar-refractivity contribution in [3.63, 3.8) is 0 Å². The predicted octanol–water partition coefficient (Wildman–Crippen LogP) is 2.56. The molecule has 5 nitrogen and oxygen atoms in total. The lowest BCUT2D eigenvalue weighted by atomic mass is 10.2. The first-order valence-electron chi connectivity index (χ1n) is 5.66. The van der Waals surface area contributed by atoms with Gasteiger partial charge in [-0.25, -0.2) is 9.97 Å². The summed E-state index contributed by atoms with van der Waals surface area (Å²) in [6.45, 7) is 0. The third kappa shape index (κ3) is 2.90. The number of carbonyl (C=O) groups is 1.